The van der Waals surface area contributed by atoms with Gasteiger partial charge in [0.2, 0.25) is 0 Å². The highest BCUT2D eigenvalue weighted by atomic mass is 15.3. The van der Waals surface area contributed by atoms with Crippen molar-refractivity contribution >= 4 is 0 Å². The molecule has 1 saturated heterocycles. The second kappa shape index (κ2) is 6.22. The van der Waals surface area contributed by atoms with Crippen LogP contribution in [0.2, 0.25) is 0 Å². The number of aryl methyl sites for hydroxylation is 1. The third kappa shape index (κ3) is 2.93. The van der Waals surface area contributed by atoms with Crippen LogP contribution in [-0.4, -0.2) is 32.4 Å². The monoisotopic (exact) mass is 273 g/mol. The summed E-state index contributed by atoms with van der Waals surface area (Å²) in [4.78, 5) is 4.32. The van der Waals surface area contributed by atoms with Crippen molar-refractivity contribution < 1.29 is 0 Å². The first-order chi connectivity index (χ1) is 9.86. The van der Waals surface area contributed by atoms with E-state index < -0.39 is 0 Å². The number of rotatable bonds is 5. The Morgan fingerprint density at radius 2 is 2.35 bits per heavy atom. The van der Waals surface area contributed by atoms with Crippen molar-refractivity contribution in [2.75, 3.05) is 13.1 Å². The van der Waals surface area contributed by atoms with Gasteiger partial charge in [-0.2, -0.15) is 5.10 Å². The first-order valence-electron chi connectivity index (χ1n) is 7.60. The fraction of sp³-hybridized carbons (Fsp3) is 0.600. The van der Waals surface area contributed by atoms with Crippen LogP contribution in [0.4, 0.5) is 0 Å². The molecule has 1 aliphatic rings. The molecule has 1 aliphatic heterocycles. The molecule has 3 heterocycles. The van der Waals surface area contributed by atoms with Gasteiger partial charge in [0.05, 0.1) is 24.4 Å². The average molecular weight is 273 g/mol. The SMILES string of the molecule is CCCn1cc(-c2cncn2CC2CCCNC2)cn1. The molecule has 1 N–H and O–H groups in total. The summed E-state index contributed by atoms with van der Waals surface area (Å²) in [5.41, 5.74) is 2.35. The van der Waals surface area contributed by atoms with Crippen molar-refractivity contribution in [3.8, 4) is 11.3 Å². The van der Waals surface area contributed by atoms with Crippen molar-refractivity contribution in [2.45, 2.75) is 39.3 Å². The number of hydrogen-bond acceptors (Lipinski definition) is 3. The van der Waals surface area contributed by atoms with Gasteiger partial charge in [0.1, 0.15) is 0 Å². The van der Waals surface area contributed by atoms with E-state index in [1.165, 1.54) is 24.1 Å². The zero-order valence-electron chi connectivity index (χ0n) is 12.1. The van der Waals surface area contributed by atoms with Crippen molar-refractivity contribution in [2.24, 2.45) is 5.92 Å². The van der Waals surface area contributed by atoms with E-state index in [2.05, 4.69) is 33.1 Å². The Balaban J connectivity index is 1.74. The molecule has 0 aliphatic carbocycles. The van der Waals surface area contributed by atoms with Crippen LogP contribution in [0, 0.1) is 5.92 Å². The number of nitrogens with zero attached hydrogens (tertiary/aromatic N) is 4. The lowest BCUT2D eigenvalue weighted by Gasteiger charge is -2.23. The predicted octanol–water partition coefficient (Wildman–Crippen LogP) is 2.16. The van der Waals surface area contributed by atoms with Crippen LogP contribution in [0.3, 0.4) is 0 Å². The third-order valence-electron chi connectivity index (χ3n) is 3.95. The highest BCUT2D eigenvalue weighted by Gasteiger charge is 2.16. The minimum Gasteiger partial charge on any atom is -0.330 e. The first kappa shape index (κ1) is 13.4. The van der Waals surface area contributed by atoms with Crippen molar-refractivity contribution in [3.05, 3.63) is 24.9 Å². The minimum atomic E-state index is 0.711. The van der Waals surface area contributed by atoms with Crippen LogP contribution in [-0.2, 0) is 13.1 Å². The summed E-state index contributed by atoms with van der Waals surface area (Å²) < 4.78 is 4.28. The topological polar surface area (TPSA) is 47.7 Å². The van der Waals surface area contributed by atoms with Gasteiger partial charge < -0.3 is 9.88 Å². The Labute approximate surface area is 120 Å². The third-order valence-corrected chi connectivity index (χ3v) is 3.95. The maximum Gasteiger partial charge on any atom is 0.0951 e. The Hall–Kier alpha value is -1.62. The molecule has 0 spiro atoms. The lowest BCUT2D eigenvalue weighted by atomic mass is 9.99. The molecule has 0 saturated carbocycles. The summed E-state index contributed by atoms with van der Waals surface area (Å²) in [6.07, 6.45) is 11.7. The number of piperidine rings is 1. The van der Waals surface area contributed by atoms with Crippen LogP contribution < -0.4 is 5.32 Å². The Kier molecular flexibility index (Phi) is 4.16. The van der Waals surface area contributed by atoms with Crippen LogP contribution in [0.15, 0.2) is 24.9 Å². The second-order valence-corrected chi connectivity index (χ2v) is 5.64. The van der Waals surface area contributed by atoms with E-state index in [4.69, 9.17) is 0 Å². The fourth-order valence-electron chi connectivity index (χ4n) is 2.91. The molecular weight excluding hydrogens is 250 g/mol. The zero-order chi connectivity index (χ0) is 13.8. The molecule has 3 rings (SSSR count). The lowest BCUT2D eigenvalue weighted by Crippen LogP contribution is -2.32. The van der Waals surface area contributed by atoms with E-state index in [1.807, 2.05) is 23.4 Å². The molecule has 0 bridgehead atoms. The maximum absolute atomic E-state index is 4.41. The molecular formula is C15H23N5. The molecule has 2 aromatic heterocycles. The summed E-state index contributed by atoms with van der Waals surface area (Å²) in [6.45, 7) is 6.47. The summed E-state index contributed by atoms with van der Waals surface area (Å²) in [5.74, 6) is 0.711. The molecule has 20 heavy (non-hydrogen) atoms. The number of nitrogens with one attached hydrogen (secondary N) is 1. The van der Waals surface area contributed by atoms with E-state index in [0.717, 1.165) is 32.6 Å². The van der Waals surface area contributed by atoms with Gasteiger partial charge >= 0.3 is 0 Å². The summed E-state index contributed by atoms with van der Waals surface area (Å²) >= 11 is 0. The van der Waals surface area contributed by atoms with E-state index >= 15 is 0 Å². The number of aromatic nitrogens is 4. The molecule has 5 nitrogen and oxygen atoms in total. The molecule has 1 unspecified atom stereocenters. The molecule has 108 valence electrons. The molecule has 5 heteroatoms. The van der Waals surface area contributed by atoms with E-state index in [0.29, 0.717) is 5.92 Å². The standard InChI is InChI=1S/C15H23N5/c1-2-6-20-11-14(8-18-20)15-9-17-12-19(15)10-13-4-3-5-16-7-13/h8-9,11-13,16H,2-7,10H2,1H3. The molecule has 1 atom stereocenters. The minimum absolute atomic E-state index is 0.711. The van der Waals surface area contributed by atoms with Crippen LogP contribution in [0.5, 0.6) is 0 Å². The predicted molar refractivity (Wildman–Crippen MR) is 79.3 cm³/mol. The number of imidazole rings is 1. The lowest BCUT2D eigenvalue weighted by molar-refractivity contribution is 0.338. The second-order valence-electron chi connectivity index (χ2n) is 5.64. The van der Waals surface area contributed by atoms with Gasteiger partial charge in [0.15, 0.2) is 0 Å². The van der Waals surface area contributed by atoms with Crippen molar-refractivity contribution in [1.82, 2.24) is 24.6 Å². The Morgan fingerprint density at radius 3 is 3.15 bits per heavy atom. The van der Waals surface area contributed by atoms with E-state index in [-0.39, 0.29) is 0 Å². The maximum atomic E-state index is 4.41. The van der Waals surface area contributed by atoms with Gasteiger partial charge in [-0.3, -0.25) is 4.68 Å². The highest BCUT2D eigenvalue weighted by molar-refractivity contribution is 5.56. The average Bonchev–Trinajstić information content (AvgIpc) is 3.09. The summed E-state index contributed by atoms with van der Waals surface area (Å²) in [7, 11) is 0. The van der Waals surface area contributed by atoms with Crippen molar-refractivity contribution in [3.63, 3.8) is 0 Å². The van der Waals surface area contributed by atoms with Gasteiger partial charge in [-0.1, -0.05) is 6.92 Å². The molecule has 2 aromatic rings. The quantitative estimate of drug-likeness (QED) is 0.908. The van der Waals surface area contributed by atoms with Crippen LogP contribution in [0.25, 0.3) is 11.3 Å². The van der Waals surface area contributed by atoms with E-state index in [1.54, 1.807) is 0 Å². The fourth-order valence-corrected chi connectivity index (χ4v) is 2.91. The number of hydrogen-bond donors (Lipinski definition) is 1. The van der Waals surface area contributed by atoms with Crippen molar-refractivity contribution in [1.29, 1.82) is 0 Å². The van der Waals surface area contributed by atoms with E-state index in [9.17, 15) is 0 Å². The van der Waals surface area contributed by atoms with Gasteiger partial charge in [0.25, 0.3) is 0 Å². The Bertz CT molecular complexity index is 536. The zero-order valence-corrected chi connectivity index (χ0v) is 12.1. The van der Waals surface area contributed by atoms with Gasteiger partial charge in [-0.25, -0.2) is 4.98 Å². The van der Waals surface area contributed by atoms with Gasteiger partial charge in [0, 0.05) is 24.8 Å². The molecule has 0 amide bonds. The normalized spacial score (nSPS) is 19.4. The highest BCUT2D eigenvalue weighted by Crippen LogP contribution is 2.21. The largest absolute Gasteiger partial charge is 0.330 e. The molecule has 0 radical (unpaired) electrons. The molecule has 1 fully saturated rings. The van der Waals surface area contributed by atoms with Crippen LogP contribution in [0.1, 0.15) is 26.2 Å². The van der Waals surface area contributed by atoms with Crippen LogP contribution >= 0.6 is 0 Å². The Morgan fingerprint density at radius 1 is 1.40 bits per heavy atom. The first-order valence-corrected chi connectivity index (χ1v) is 7.60. The molecule has 0 aromatic carbocycles. The van der Waals surface area contributed by atoms with Gasteiger partial charge in [-0.05, 0) is 38.3 Å². The summed E-state index contributed by atoms with van der Waals surface area (Å²) in [6, 6.07) is 0. The van der Waals surface area contributed by atoms with Gasteiger partial charge in [-0.15, -0.1) is 0 Å². The smallest absolute Gasteiger partial charge is 0.0951 e. The summed E-state index contributed by atoms with van der Waals surface area (Å²) in [5, 5.41) is 7.89.